The number of benzene rings is 2. The highest BCUT2D eigenvalue weighted by Crippen LogP contribution is 2.31. The van der Waals surface area contributed by atoms with Crippen molar-refractivity contribution in [2.45, 2.75) is 34.9 Å². The molecule has 0 spiro atoms. The SMILES string of the molecule is O=S(=O)(Nc1cccc(S(=O)(=O)NC2CC2)c1)c1cccc(C(F)(F)F)c1. The minimum absolute atomic E-state index is 0.0777. The molecule has 0 aromatic heterocycles. The molecule has 1 saturated carbocycles. The van der Waals surface area contributed by atoms with E-state index < -0.39 is 36.7 Å². The molecule has 3 rings (SSSR count). The number of rotatable bonds is 6. The second kappa shape index (κ2) is 6.80. The van der Waals surface area contributed by atoms with Gasteiger partial charge in [-0.2, -0.15) is 13.2 Å². The van der Waals surface area contributed by atoms with Gasteiger partial charge in [-0.15, -0.1) is 0 Å². The highest BCUT2D eigenvalue weighted by atomic mass is 32.2. The van der Waals surface area contributed by atoms with Crippen molar-refractivity contribution in [2.24, 2.45) is 0 Å². The molecule has 1 fully saturated rings. The minimum Gasteiger partial charge on any atom is -0.280 e. The predicted octanol–water partition coefficient (Wildman–Crippen LogP) is 2.95. The first kappa shape index (κ1) is 19.6. The van der Waals surface area contributed by atoms with Gasteiger partial charge in [-0.05, 0) is 49.2 Å². The topological polar surface area (TPSA) is 92.3 Å². The monoisotopic (exact) mass is 420 g/mol. The molecular formula is C16H15F3N2O4S2. The first-order chi connectivity index (χ1) is 12.5. The van der Waals surface area contributed by atoms with Gasteiger partial charge in [0.2, 0.25) is 10.0 Å². The standard InChI is InChI=1S/C16H15F3N2O4S2/c17-16(18,19)11-3-1-5-14(9-11)26(22,23)21-13-4-2-6-15(10-13)27(24,25)20-12-7-8-12/h1-6,9-10,12,20-21H,7-8H2. The summed E-state index contributed by atoms with van der Waals surface area (Å²) >= 11 is 0. The second-order valence-electron chi connectivity index (χ2n) is 6.05. The lowest BCUT2D eigenvalue weighted by Gasteiger charge is -2.12. The van der Waals surface area contributed by atoms with Gasteiger partial charge in [0.1, 0.15) is 0 Å². The van der Waals surface area contributed by atoms with Crippen LogP contribution in [0.5, 0.6) is 0 Å². The van der Waals surface area contributed by atoms with Crippen LogP contribution in [-0.2, 0) is 26.2 Å². The minimum atomic E-state index is -4.69. The Morgan fingerprint density at radius 3 is 2.04 bits per heavy atom. The Kier molecular flexibility index (Phi) is 4.95. The summed E-state index contributed by atoms with van der Waals surface area (Å²) in [5.74, 6) is 0. The molecule has 2 aromatic rings. The van der Waals surface area contributed by atoms with Crippen LogP contribution in [0.3, 0.4) is 0 Å². The van der Waals surface area contributed by atoms with Crippen molar-refractivity contribution in [1.82, 2.24) is 4.72 Å². The molecule has 2 aromatic carbocycles. The van der Waals surface area contributed by atoms with Crippen LogP contribution < -0.4 is 9.44 Å². The molecule has 0 heterocycles. The number of halogens is 3. The van der Waals surface area contributed by atoms with Gasteiger partial charge < -0.3 is 0 Å². The lowest BCUT2D eigenvalue weighted by molar-refractivity contribution is -0.137. The van der Waals surface area contributed by atoms with Gasteiger partial charge >= 0.3 is 6.18 Å². The molecule has 1 aliphatic rings. The number of hydrogen-bond acceptors (Lipinski definition) is 4. The number of alkyl halides is 3. The number of sulfonamides is 2. The van der Waals surface area contributed by atoms with Gasteiger partial charge in [0, 0.05) is 6.04 Å². The summed E-state index contributed by atoms with van der Waals surface area (Å²) in [6.07, 6.45) is -3.21. The van der Waals surface area contributed by atoms with Gasteiger partial charge in [-0.1, -0.05) is 12.1 Å². The van der Waals surface area contributed by atoms with Gasteiger partial charge in [0.25, 0.3) is 10.0 Å². The van der Waals surface area contributed by atoms with Gasteiger partial charge in [0.15, 0.2) is 0 Å². The first-order valence-corrected chi connectivity index (χ1v) is 10.8. The summed E-state index contributed by atoms with van der Waals surface area (Å²) < 4.78 is 92.1. The Balaban J connectivity index is 1.87. The Labute approximate surface area is 154 Å². The van der Waals surface area contributed by atoms with E-state index in [0.717, 1.165) is 37.1 Å². The Bertz CT molecular complexity index is 1060. The van der Waals surface area contributed by atoms with Crippen molar-refractivity contribution in [1.29, 1.82) is 0 Å². The van der Waals surface area contributed by atoms with Crippen LogP contribution in [0.25, 0.3) is 0 Å². The van der Waals surface area contributed by atoms with E-state index in [1.807, 2.05) is 0 Å². The zero-order chi connectivity index (χ0) is 19.9. The zero-order valence-electron chi connectivity index (χ0n) is 13.7. The number of hydrogen-bond donors (Lipinski definition) is 2. The lowest BCUT2D eigenvalue weighted by atomic mass is 10.2. The van der Waals surface area contributed by atoms with E-state index in [1.165, 1.54) is 18.2 Å². The van der Waals surface area contributed by atoms with Crippen LogP contribution in [0.4, 0.5) is 18.9 Å². The fourth-order valence-electron chi connectivity index (χ4n) is 2.27. The van der Waals surface area contributed by atoms with E-state index in [0.29, 0.717) is 6.07 Å². The first-order valence-electron chi connectivity index (χ1n) is 7.80. The maximum atomic E-state index is 12.8. The molecule has 0 atom stereocenters. The molecule has 0 bridgehead atoms. The third kappa shape index (κ3) is 4.79. The van der Waals surface area contributed by atoms with E-state index in [9.17, 15) is 30.0 Å². The quantitative estimate of drug-likeness (QED) is 0.752. The van der Waals surface area contributed by atoms with Crippen LogP contribution >= 0.6 is 0 Å². The summed E-state index contributed by atoms with van der Waals surface area (Å²) in [5, 5.41) is 0. The Morgan fingerprint density at radius 1 is 0.852 bits per heavy atom. The van der Waals surface area contributed by atoms with E-state index in [1.54, 1.807) is 0 Å². The van der Waals surface area contributed by atoms with Gasteiger partial charge in [0.05, 0.1) is 21.0 Å². The molecule has 0 unspecified atom stereocenters. The smallest absolute Gasteiger partial charge is 0.280 e. The van der Waals surface area contributed by atoms with E-state index in [-0.39, 0.29) is 16.6 Å². The summed E-state index contributed by atoms with van der Waals surface area (Å²) in [4.78, 5) is -0.722. The molecule has 27 heavy (non-hydrogen) atoms. The van der Waals surface area contributed by atoms with Gasteiger partial charge in [-0.25, -0.2) is 21.6 Å². The van der Waals surface area contributed by atoms with E-state index in [4.69, 9.17) is 0 Å². The lowest BCUT2D eigenvalue weighted by Crippen LogP contribution is -2.25. The molecule has 1 aliphatic carbocycles. The molecular weight excluding hydrogens is 405 g/mol. The maximum absolute atomic E-state index is 12.8. The molecule has 0 amide bonds. The normalized spacial score (nSPS) is 15.5. The average molecular weight is 420 g/mol. The van der Waals surface area contributed by atoms with Crippen molar-refractivity contribution in [3.8, 4) is 0 Å². The molecule has 0 radical (unpaired) electrons. The van der Waals surface area contributed by atoms with Crippen molar-refractivity contribution >= 4 is 25.7 Å². The van der Waals surface area contributed by atoms with E-state index in [2.05, 4.69) is 9.44 Å². The molecule has 6 nitrogen and oxygen atoms in total. The molecule has 0 saturated heterocycles. The fourth-order valence-corrected chi connectivity index (χ4v) is 4.71. The average Bonchev–Trinajstić information content (AvgIpc) is 3.37. The van der Waals surface area contributed by atoms with Crippen molar-refractivity contribution < 1.29 is 30.0 Å². The summed E-state index contributed by atoms with van der Waals surface area (Å²) in [6.45, 7) is 0. The summed E-state index contributed by atoms with van der Waals surface area (Å²) in [6, 6.07) is 8.20. The predicted molar refractivity (Wildman–Crippen MR) is 92.0 cm³/mol. The molecule has 2 N–H and O–H groups in total. The van der Waals surface area contributed by atoms with Crippen LogP contribution in [-0.4, -0.2) is 22.9 Å². The van der Waals surface area contributed by atoms with Crippen LogP contribution in [0.15, 0.2) is 58.3 Å². The van der Waals surface area contributed by atoms with Crippen LogP contribution in [0.1, 0.15) is 18.4 Å². The number of nitrogens with one attached hydrogen (secondary N) is 2. The Morgan fingerprint density at radius 2 is 1.44 bits per heavy atom. The highest BCUT2D eigenvalue weighted by Gasteiger charge is 2.32. The highest BCUT2D eigenvalue weighted by molar-refractivity contribution is 7.92. The van der Waals surface area contributed by atoms with Crippen LogP contribution in [0.2, 0.25) is 0 Å². The third-order valence-corrected chi connectivity index (χ3v) is 6.66. The largest absolute Gasteiger partial charge is 0.416 e. The molecule has 146 valence electrons. The molecule has 11 heteroatoms. The van der Waals surface area contributed by atoms with Gasteiger partial charge in [-0.3, -0.25) is 4.72 Å². The fraction of sp³-hybridized carbons (Fsp3) is 0.250. The summed E-state index contributed by atoms with van der Waals surface area (Å²) in [5.41, 5.74) is -1.18. The van der Waals surface area contributed by atoms with Crippen molar-refractivity contribution in [3.63, 3.8) is 0 Å². The van der Waals surface area contributed by atoms with E-state index >= 15 is 0 Å². The summed E-state index contributed by atoms with van der Waals surface area (Å²) in [7, 11) is -8.13. The molecule has 0 aliphatic heterocycles. The van der Waals surface area contributed by atoms with Crippen LogP contribution in [0, 0.1) is 0 Å². The van der Waals surface area contributed by atoms with Crippen molar-refractivity contribution in [2.75, 3.05) is 4.72 Å². The zero-order valence-corrected chi connectivity index (χ0v) is 15.3. The third-order valence-electron chi connectivity index (χ3n) is 3.77. The second-order valence-corrected chi connectivity index (χ2v) is 9.45. The van der Waals surface area contributed by atoms with Crippen molar-refractivity contribution in [3.05, 3.63) is 54.1 Å². The maximum Gasteiger partial charge on any atom is 0.416 e. The Hall–Kier alpha value is -2.11. The number of anilines is 1.